The summed E-state index contributed by atoms with van der Waals surface area (Å²) in [6.45, 7) is 0. The maximum Gasteiger partial charge on any atom is 0.102 e. The van der Waals surface area contributed by atoms with Crippen LogP contribution in [0.25, 0.3) is 11.0 Å². The Morgan fingerprint density at radius 3 is 3.08 bits per heavy atom. The molecule has 0 aliphatic rings. The fraction of sp³-hybridized carbons (Fsp3) is 0.222. The number of halogens is 1. The Bertz CT molecular complexity index is 424. The molecule has 2 rings (SSSR count). The molecule has 1 aromatic heterocycles. The number of nitrogens with zero attached hydrogens (tertiary/aromatic N) is 1. The van der Waals surface area contributed by atoms with E-state index in [9.17, 15) is 0 Å². The van der Waals surface area contributed by atoms with Gasteiger partial charge in [0.15, 0.2) is 0 Å². The summed E-state index contributed by atoms with van der Waals surface area (Å²) in [5.41, 5.74) is 3.46. The van der Waals surface area contributed by atoms with Crippen molar-refractivity contribution in [2.75, 3.05) is 6.26 Å². The monoisotopic (exact) mass is 256 g/mol. The van der Waals surface area contributed by atoms with Crippen LogP contribution in [0, 0.1) is 0 Å². The lowest BCUT2D eigenvalue weighted by atomic mass is 10.2. The molecule has 2 nitrogen and oxygen atoms in total. The first kappa shape index (κ1) is 9.09. The summed E-state index contributed by atoms with van der Waals surface area (Å²) < 4.78 is 0. The van der Waals surface area contributed by atoms with Gasteiger partial charge in [-0.3, -0.25) is 0 Å². The van der Waals surface area contributed by atoms with Gasteiger partial charge in [-0.2, -0.15) is 0 Å². The fourth-order valence-electron chi connectivity index (χ4n) is 1.31. The number of thioether (sulfide) groups is 1. The number of imidazole rings is 1. The van der Waals surface area contributed by atoms with E-state index in [0.717, 1.165) is 16.4 Å². The Labute approximate surface area is 89.3 Å². The number of H-pyrrole nitrogens is 1. The molecule has 0 radical (unpaired) electrons. The van der Waals surface area contributed by atoms with E-state index in [1.807, 2.05) is 0 Å². The zero-order valence-electron chi connectivity index (χ0n) is 7.17. The second kappa shape index (κ2) is 3.72. The zero-order valence-corrected chi connectivity index (χ0v) is 9.58. The number of hydrogen-bond donors (Lipinski definition) is 1. The van der Waals surface area contributed by atoms with E-state index >= 15 is 0 Å². The molecule has 4 heteroatoms. The Kier molecular flexibility index (Phi) is 2.60. The van der Waals surface area contributed by atoms with Crippen molar-refractivity contribution in [1.82, 2.24) is 9.97 Å². The van der Waals surface area contributed by atoms with Crippen molar-refractivity contribution in [3.05, 3.63) is 24.0 Å². The van der Waals surface area contributed by atoms with E-state index in [2.05, 4.69) is 44.3 Å². The van der Waals surface area contributed by atoms with Crippen LogP contribution in [-0.2, 0) is 5.33 Å². The number of aromatic nitrogens is 2. The van der Waals surface area contributed by atoms with Crippen LogP contribution in [0.1, 0.15) is 5.56 Å². The SMILES string of the molecule is CSc1cc(CBr)cc2[nH]cnc12. The van der Waals surface area contributed by atoms with Gasteiger partial charge in [0.2, 0.25) is 0 Å². The fourth-order valence-corrected chi connectivity index (χ4v) is 2.26. The van der Waals surface area contributed by atoms with Gasteiger partial charge in [0.1, 0.15) is 5.52 Å². The van der Waals surface area contributed by atoms with Crippen LogP contribution in [-0.4, -0.2) is 16.2 Å². The molecule has 0 fully saturated rings. The van der Waals surface area contributed by atoms with Gasteiger partial charge in [0, 0.05) is 10.2 Å². The molecule has 1 heterocycles. The molecular weight excluding hydrogens is 248 g/mol. The van der Waals surface area contributed by atoms with Crippen LogP contribution >= 0.6 is 27.7 Å². The van der Waals surface area contributed by atoms with Crippen molar-refractivity contribution >= 4 is 38.7 Å². The predicted octanol–water partition coefficient (Wildman–Crippen LogP) is 3.18. The van der Waals surface area contributed by atoms with Crippen LogP contribution in [0.15, 0.2) is 23.4 Å². The number of nitrogens with one attached hydrogen (secondary N) is 1. The smallest absolute Gasteiger partial charge is 0.102 e. The summed E-state index contributed by atoms with van der Waals surface area (Å²) in [7, 11) is 0. The van der Waals surface area contributed by atoms with E-state index in [4.69, 9.17) is 0 Å². The molecule has 0 amide bonds. The van der Waals surface area contributed by atoms with Gasteiger partial charge < -0.3 is 4.98 Å². The van der Waals surface area contributed by atoms with Gasteiger partial charge in [-0.05, 0) is 24.0 Å². The van der Waals surface area contributed by atoms with E-state index in [1.54, 1.807) is 18.1 Å². The summed E-state index contributed by atoms with van der Waals surface area (Å²) in [4.78, 5) is 8.63. The summed E-state index contributed by atoms with van der Waals surface area (Å²) in [6.07, 6.45) is 3.81. The average Bonchev–Trinajstić information content (AvgIpc) is 2.63. The van der Waals surface area contributed by atoms with Gasteiger partial charge in [-0.15, -0.1) is 11.8 Å². The van der Waals surface area contributed by atoms with Crippen LogP contribution in [0.2, 0.25) is 0 Å². The molecule has 0 spiro atoms. The second-order valence-electron chi connectivity index (χ2n) is 2.73. The van der Waals surface area contributed by atoms with Gasteiger partial charge in [0.05, 0.1) is 11.8 Å². The van der Waals surface area contributed by atoms with Crippen molar-refractivity contribution < 1.29 is 0 Å². The quantitative estimate of drug-likeness (QED) is 0.661. The summed E-state index contributed by atoms with van der Waals surface area (Å²) in [5, 5.41) is 0.884. The number of aromatic amines is 1. The minimum Gasteiger partial charge on any atom is -0.345 e. The van der Waals surface area contributed by atoms with Gasteiger partial charge in [-0.1, -0.05) is 15.9 Å². The predicted molar refractivity (Wildman–Crippen MR) is 60.5 cm³/mol. The van der Waals surface area contributed by atoms with Crippen LogP contribution in [0.3, 0.4) is 0 Å². The molecular formula is C9H9BrN2S. The molecule has 0 aliphatic carbocycles. The third-order valence-corrected chi connectivity index (χ3v) is 3.32. The Hall–Kier alpha value is -0.480. The van der Waals surface area contributed by atoms with Crippen molar-refractivity contribution in [3.8, 4) is 0 Å². The highest BCUT2D eigenvalue weighted by Crippen LogP contribution is 2.26. The lowest BCUT2D eigenvalue weighted by Crippen LogP contribution is -1.81. The van der Waals surface area contributed by atoms with Crippen LogP contribution < -0.4 is 0 Å². The third-order valence-electron chi connectivity index (χ3n) is 1.92. The van der Waals surface area contributed by atoms with Crippen molar-refractivity contribution in [2.24, 2.45) is 0 Å². The van der Waals surface area contributed by atoms with Crippen LogP contribution in [0.5, 0.6) is 0 Å². The maximum absolute atomic E-state index is 4.27. The molecule has 0 saturated heterocycles. The normalized spacial score (nSPS) is 10.9. The van der Waals surface area contributed by atoms with Crippen molar-refractivity contribution in [2.45, 2.75) is 10.2 Å². The summed E-state index contributed by atoms with van der Waals surface area (Å²) in [6, 6.07) is 4.29. The number of rotatable bonds is 2. The molecule has 1 N–H and O–H groups in total. The number of hydrogen-bond acceptors (Lipinski definition) is 2. The lowest BCUT2D eigenvalue weighted by molar-refractivity contribution is 1.33. The Morgan fingerprint density at radius 1 is 1.54 bits per heavy atom. The highest BCUT2D eigenvalue weighted by molar-refractivity contribution is 9.08. The number of benzene rings is 1. The molecule has 1 aromatic carbocycles. The molecule has 0 bridgehead atoms. The minimum atomic E-state index is 0.884. The lowest BCUT2D eigenvalue weighted by Gasteiger charge is -2.01. The molecule has 68 valence electrons. The largest absolute Gasteiger partial charge is 0.345 e. The summed E-state index contributed by atoms with van der Waals surface area (Å²) >= 11 is 5.18. The average molecular weight is 257 g/mol. The first-order valence-corrected chi connectivity index (χ1v) is 6.25. The Morgan fingerprint density at radius 2 is 2.38 bits per heavy atom. The zero-order chi connectivity index (χ0) is 9.26. The molecule has 13 heavy (non-hydrogen) atoms. The first-order valence-electron chi connectivity index (χ1n) is 3.91. The van der Waals surface area contributed by atoms with E-state index < -0.39 is 0 Å². The van der Waals surface area contributed by atoms with Crippen LogP contribution in [0.4, 0.5) is 0 Å². The second-order valence-corrected chi connectivity index (χ2v) is 4.14. The molecule has 0 aliphatic heterocycles. The molecule has 0 unspecified atom stereocenters. The molecule has 0 saturated carbocycles. The van der Waals surface area contributed by atoms with Crippen molar-refractivity contribution in [3.63, 3.8) is 0 Å². The topological polar surface area (TPSA) is 28.7 Å². The highest BCUT2D eigenvalue weighted by atomic mass is 79.9. The first-order chi connectivity index (χ1) is 6.35. The third kappa shape index (κ3) is 1.60. The minimum absolute atomic E-state index is 0.884. The van der Waals surface area contributed by atoms with Gasteiger partial charge in [0.25, 0.3) is 0 Å². The van der Waals surface area contributed by atoms with E-state index in [-0.39, 0.29) is 0 Å². The van der Waals surface area contributed by atoms with E-state index in [0.29, 0.717) is 0 Å². The van der Waals surface area contributed by atoms with Crippen molar-refractivity contribution in [1.29, 1.82) is 0 Å². The summed E-state index contributed by atoms with van der Waals surface area (Å²) in [5.74, 6) is 0. The standard InChI is InChI=1S/C9H9BrN2S/c1-13-8-3-6(4-10)2-7-9(8)12-5-11-7/h2-3,5H,4H2,1H3,(H,11,12). The number of alkyl halides is 1. The number of fused-ring (bicyclic) bond motifs is 1. The van der Waals surface area contributed by atoms with Gasteiger partial charge in [-0.25, -0.2) is 4.98 Å². The highest BCUT2D eigenvalue weighted by Gasteiger charge is 2.04. The van der Waals surface area contributed by atoms with E-state index in [1.165, 1.54) is 10.5 Å². The maximum atomic E-state index is 4.27. The Balaban J connectivity index is 2.70. The molecule has 2 aromatic rings. The molecule has 0 atom stereocenters. The van der Waals surface area contributed by atoms with Gasteiger partial charge >= 0.3 is 0 Å².